The minimum absolute atomic E-state index is 0.140. The second-order valence-electron chi connectivity index (χ2n) is 4.37. The molecule has 0 radical (unpaired) electrons. The summed E-state index contributed by atoms with van der Waals surface area (Å²) < 4.78 is 30.3. The van der Waals surface area contributed by atoms with E-state index in [0.29, 0.717) is 12.2 Å². The minimum Gasteiger partial charge on any atom is -0.395 e. The summed E-state index contributed by atoms with van der Waals surface area (Å²) >= 11 is 0. The first-order valence-electron chi connectivity index (χ1n) is 5.54. The molecule has 1 aliphatic rings. The van der Waals surface area contributed by atoms with E-state index >= 15 is 0 Å². The largest absolute Gasteiger partial charge is 0.395 e. The van der Waals surface area contributed by atoms with Gasteiger partial charge in [0.25, 0.3) is 0 Å². The molecule has 2 rings (SSSR count). The predicted molar refractivity (Wildman–Crippen MR) is 60.5 cm³/mol. The zero-order valence-corrected chi connectivity index (χ0v) is 10.4. The third-order valence-electron chi connectivity index (χ3n) is 3.20. The quantitative estimate of drug-likeness (QED) is 0.836. The van der Waals surface area contributed by atoms with E-state index < -0.39 is 10.0 Å². The van der Waals surface area contributed by atoms with Crippen LogP contribution in [0.3, 0.4) is 0 Å². The molecule has 0 aliphatic carbocycles. The van der Waals surface area contributed by atoms with Crippen molar-refractivity contribution < 1.29 is 18.0 Å². The van der Waals surface area contributed by atoms with Crippen molar-refractivity contribution in [1.82, 2.24) is 9.46 Å². The third-order valence-corrected chi connectivity index (χ3v) is 5.03. The van der Waals surface area contributed by atoms with Gasteiger partial charge in [0, 0.05) is 12.6 Å². The summed E-state index contributed by atoms with van der Waals surface area (Å²) in [6.07, 6.45) is 2.13. The molecule has 1 aromatic heterocycles. The van der Waals surface area contributed by atoms with E-state index in [1.807, 2.05) is 6.92 Å². The summed E-state index contributed by atoms with van der Waals surface area (Å²) in [6.45, 7) is 2.28. The van der Waals surface area contributed by atoms with E-state index in [-0.39, 0.29) is 24.3 Å². The van der Waals surface area contributed by atoms with E-state index in [9.17, 15) is 13.5 Å². The van der Waals surface area contributed by atoms with E-state index in [1.165, 1.54) is 16.6 Å². The van der Waals surface area contributed by atoms with E-state index in [1.54, 1.807) is 0 Å². The molecule has 0 aromatic carbocycles. The molecule has 0 spiro atoms. The Labute approximate surface area is 100 Å². The predicted octanol–water partition coefficient (Wildman–Crippen LogP) is 0.207. The van der Waals surface area contributed by atoms with Crippen molar-refractivity contribution in [3.8, 4) is 0 Å². The Morgan fingerprint density at radius 3 is 3.00 bits per heavy atom. The van der Waals surface area contributed by atoms with Gasteiger partial charge in [-0.2, -0.15) is 4.31 Å². The number of aromatic nitrogens is 1. The summed E-state index contributed by atoms with van der Waals surface area (Å²) in [5, 5.41) is 12.9. The fraction of sp³-hybridized carbons (Fsp3) is 0.700. The van der Waals surface area contributed by atoms with Crippen LogP contribution in [-0.2, 0) is 15.8 Å². The molecule has 7 heteroatoms. The number of hydrogen-bond donors (Lipinski definition) is 1. The van der Waals surface area contributed by atoms with Crippen LogP contribution in [-0.4, -0.2) is 42.2 Å². The molecule has 1 saturated heterocycles. The highest BCUT2D eigenvalue weighted by molar-refractivity contribution is 7.88. The lowest BCUT2D eigenvalue weighted by Crippen LogP contribution is -2.40. The first-order chi connectivity index (χ1) is 8.04. The summed E-state index contributed by atoms with van der Waals surface area (Å²) in [6, 6.07) is 1.22. The Kier molecular flexibility index (Phi) is 3.50. The lowest BCUT2D eigenvalue weighted by atomic mass is 10.0. The normalized spacial score (nSPS) is 26.5. The maximum atomic E-state index is 12.1. The maximum Gasteiger partial charge on any atom is 0.220 e. The zero-order chi connectivity index (χ0) is 12.5. The highest BCUT2D eigenvalue weighted by atomic mass is 32.2. The van der Waals surface area contributed by atoms with Crippen LogP contribution in [0.5, 0.6) is 0 Å². The van der Waals surface area contributed by atoms with Crippen LogP contribution in [0.25, 0.3) is 0 Å². The summed E-state index contributed by atoms with van der Waals surface area (Å²) in [5.41, 5.74) is 0.390. The van der Waals surface area contributed by atoms with E-state index in [0.717, 1.165) is 6.42 Å². The van der Waals surface area contributed by atoms with Gasteiger partial charge >= 0.3 is 0 Å². The van der Waals surface area contributed by atoms with E-state index in [2.05, 4.69) is 9.68 Å². The molecule has 2 unspecified atom stereocenters. The maximum absolute atomic E-state index is 12.1. The Bertz CT molecular complexity index is 457. The molecule has 0 amide bonds. The molecular weight excluding hydrogens is 244 g/mol. The minimum atomic E-state index is -3.43. The number of nitrogens with zero attached hydrogens (tertiary/aromatic N) is 2. The van der Waals surface area contributed by atoms with Crippen molar-refractivity contribution >= 4 is 10.0 Å². The van der Waals surface area contributed by atoms with Crippen LogP contribution in [0, 0.1) is 5.92 Å². The summed E-state index contributed by atoms with van der Waals surface area (Å²) in [7, 11) is -3.43. The Hall–Kier alpha value is -0.920. The molecule has 96 valence electrons. The standard InChI is InChI=1S/C10H16N2O4S/c1-8-2-4-12(10(8)6-13)17(14,15)7-9-3-5-16-11-9/h3,5,8,10,13H,2,4,6-7H2,1H3. The summed E-state index contributed by atoms with van der Waals surface area (Å²) in [5.74, 6) is 0.0132. The Balaban J connectivity index is 2.15. The van der Waals surface area contributed by atoms with Gasteiger partial charge < -0.3 is 9.63 Å². The fourth-order valence-corrected chi connectivity index (χ4v) is 3.93. The van der Waals surface area contributed by atoms with Crippen molar-refractivity contribution in [2.24, 2.45) is 5.92 Å². The third kappa shape index (κ3) is 2.51. The number of aliphatic hydroxyl groups excluding tert-OH is 1. The van der Waals surface area contributed by atoms with Crippen LogP contribution in [0.15, 0.2) is 16.9 Å². The van der Waals surface area contributed by atoms with Gasteiger partial charge in [0.2, 0.25) is 10.0 Å². The molecule has 17 heavy (non-hydrogen) atoms. The number of hydrogen-bond acceptors (Lipinski definition) is 5. The smallest absolute Gasteiger partial charge is 0.220 e. The average molecular weight is 260 g/mol. The van der Waals surface area contributed by atoms with Crippen molar-refractivity contribution in [2.75, 3.05) is 13.2 Å². The first-order valence-corrected chi connectivity index (χ1v) is 7.15. The molecule has 1 aromatic rings. The molecule has 1 fully saturated rings. The van der Waals surface area contributed by atoms with Gasteiger partial charge in [-0.05, 0) is 12.3 Å². The SMILES string of the molecule is CC1CCN(S(=O)(=O)Cc2ccon2)C1CO. The van der Waals surface area contributed by atoms with Gasteiger partial charge in [-0.1, -0.05) is 12.1 Å². The van der Waals surface area contributed by atoms with Crippen LogP contribution < -0.4 is 0 Å². The topological polar surface area (TPSA) is 83.6 Å². The fourth-order valence-electron chi connectivity index (χ4n) is 2.17. The lowest BCUT2D eigenvalue weighted by molar-refractivity contribution is 0.191. The highest BCUT2D eigenvalue weighted by Gasteiger charge is 2.38. The van der Waals surface area contributed by atoms with E-state index in [4.69, 9.17) is 0 Å². The van der Waals surface area contributed by atoms with Gasteiger partial charge in [0.1, 0.15) is 12.0 Å². The Morgan fingerprint density at radius 1 is 1.65 bits per heavy atom. The molecule has 1 N–H and O–H groups in total. The number of aliphatic hydroxyl groups is 1. The molecule has 0 bridgehead atoms. The van der Waals surface area contributed by atoms with Crippen molar-refractivity contribution in [1.29, 1.82) is 0 Å². The average Bonchev–Trinajstić information content (AvgIpc) is 2.86. The van der Waals surface area contributed by atoms with Gasteiger partial charge in [0.15, 0.2) is 0 Å². The van der Waals surface area contributed by atoms with Crippen LogP contribution >= 0.6 is 0 Å². The van der Waals surface area contributed by atoms with Crippen LogP contribution in [0.4, 0.5) is 0 Å². The second-order valence-corrected chi connectivity index (χ2v) is 6.30. The molecule has 6 nitrogen and oxygen atoms in total. The monoisotopic (exact) mass is 260 g/mol. The van der Waals surface area contributed by atoms with Crippen molar-refractivity contribution in [3.63, 3.8) is 0 Å². The summed E-state index contributed by atoms with van der Waals surface area (Å²) in [4.78, 5) is 0. The molecule has 2 atom stereocenters. The van der Waals surface area contributed by atoms with Gasteiger partial charge in [-0.15, -0.1) is 0 Å². The lowest BCUT2D eigenvalue weighted by Gasteiger charge is -2.24. The molecular formula is C10H16N2O4S. The van der Waals surface area contributed by atoms with Gasteiger partial charge in [-0.25, -0.2) is 8.42 Å². The Morgan fingerprint density at radius 2 is 2.41 bits per heavy atom. The van der Waals surface area contributed by atoms with Crippen LogP contribution in [0.1, 0.15) is 19.0 Å². The first kappa shape index (κ1) is 12.5. The van der Waals surface area contributed by atoms with Gasteiger partial charge in [0.05, 0.1) is 18.3 Å². The second kappa shape index (κ2) is 4.75. The number of rotatable bonds is 4. The van der Waals surface area contributed by atoms with Crippen LogP contribution in [0.2, 0.25) is 0 Å². The molecule has 2 heterocycles. The number of sulfonamides is 1. The zero-order valence-electron chi connectivity index (χ0n) is 9.61. The van der Waals surface area contributed by atoms with Crippen molar-refractivity contribution in [2.45, 2.75) is 25.1 Å². The molecule has 0 saturated carbocycles. The van der Waals surface area contributed by atoms with Crippen molar-refractivity contribution in [3.05, 3.63) is 18.0 Å². The molecule has 1 aliphatic heterocycles. The highest BCUT2D eigenvalue weighted by Crippen LogP contribution is 2.27. The van der Waals surface area contributed by atoms with Gasteiger partial charge in [-0.3, -0.25) is 0 Å².